The van der Waals surface area contributed by atoms with E-state index >= 15 is 0 Å². The fraction of sp³-hybridized carbons (Fsp3) is 0.444. The lowest BCUT2D eigenvalue weighted by Crippen LogP contribution is -2.25. The predicted octanol–water partition coefficient (Wildman–Crippen LogP) is 1.90. The molecular formula is C9H13BrN2OS. The molecule has 0 aliphatic heterocycles. The van der Waals surface area contributed by atoms with Crippen molar-refractivity contribution in [3.05, 3.63) is 20.3 Å². The Morgan fingerprint density at radius 1 is 1.71 bits per heavy atom. The smallest absolute Gasteiger partial charge is 0.261 e. The Balaban J connectivity index is 2.52. The zero-order valence-electron chi connectivity index (χ0n) is 7.97. The lowest BCUT2D eigenvalue weighted by molar-refractivity contribution is 0.0957. The third-order valence-electron chi connectivity index (χ3n) is 1.75. The average molecular weight is 277 g/mol. The molecule has 3 nitrogen and oxygen atoms in total. The molecule has 1 rings (SSSR count). The number of carbonyl (C=O) groups excluding carboxylic acids is 1. The summed E-state index contributed by atoms with van der Waals surface area (Å²) >= 11 is 4.84. The quantitative estimate of drug-likeness (QED) is 0.826. The van der Waals surface area contributed by atoms with Crippen LogP contribution in [0, 0.1) is 6.92 Å². The maximum atomic E-state index is 11.5. The second-order valence-corrected chi connectivity index (χ2v) is 5.34. The normalized spacial score (nSPS) is 10.2. The van der Waals surface area contributed by atoms with Gasteiger partial charge in [-0.25, -0.2) is 0 Å². The van der Waals surface area contributed by atoms with E-state index in [1.54, 1.807) is 0 Å². The van der Waals surface area contributed by atoms with E-state index in [1.165, 1.54) is 11.3 Å². The zero-order chi connectivity index (χ0) is 10.6. The number of hydrogen-bond acceptors (Lipinski definition) is 3. The van der Waals surface area contributed by atoms with E-state index in [4.69, 9.17) is 5.73 Å². The first-order valence-corrected chi connectivity index (χ1v) is 6.00. The Labute approximate surface area is 95.8 Å². The highest BCUT2D eigenvalue weighted by molar-refractivity contribution is 9.11. The maximum absolute atomic E-state index is 11.5. The van der Waals surface area contributed by atoms with Crippen molar-refractivity contribution in [2.45, 2.75) is 13.3 Å². The molecule has 0 fully saturated rings. The Bertz CT molecular complexity index is 305. The van der Waals surface area contributed by atoms with Crippen LogP contribution in [-0.4, -0.2) is 19.0 Å². The molecule has 0 spiro atoms. The van der Waals surface area contributed by atoms with Crippen LogP contribution in [0.3, 0.4) is 0 Å². The number of nitrogens with one attached hydrogen (secondary N) is 1. The second kappa shape index (κ2) is 5.48. The molecular weight excluding hydrogens is 264 g/mol. The topological polar surface area (TPSA) is 55.1 Å². The van der Waals surface area contributed by atoms with Crippen molar-refractivity contribution in [3.8, 4) is 0 Å². The van der Waals surface area contributed by atoms with Gasteiger partial charge in [-0.3, -0.25) is 4.79 Å². The molecule has 0 aromatic carbocycles. The van der Waals surface area contributed by atoms with Gasteiger partial charge in [0.2, 0.25) is 0 Å². The minimum absolute atomic E-state index is 0.0164. The Morgan fingerprint density at radius 2 is 2.43 bits per heavy atom. The summed E-state index contributed by atoms with van der Waals surface area (Å²) < 4.78 is 1.02. The summed E-state index contributed by atoms with van der Waals surface area (Å²) in [5.74, 6) is -0.0164. The predicted molar refractivity (Wildman–Crippen MR) is 62.8 cm³/mol. The largest absolute Gasteiger partial charge is 0.351 e. The number of amides is 1. The van der Waals surface area contributed by atoms with Crippen LogP contribution >= 0.6 is 27.3 Å². The molecule has 0 aliphatic carbocycles. The van der Waals surface area contributed by atoms with Gasteiger partial charge in [0.1, 0.15) is 0 Å². The Kier molecular flexibility index (Phi) is 4.57. The molecule has 0 saturated heterocycles. The summed E-state index contributed by atoms with van der Waals surface area (Å²) in [6.07, 6.45) is 0.817. The van der Waals surface area contributed by atoms with Gasteiger partial charge in [0.25, 0.3) is 5.91 Å². The van der Waals surface area contributed by atoms with Gasteiger partial charge in [-0.15, -0.1) is 11.3 Å². The number of thiophene rings is 1. The number of nitrogens with two attached hydrogens (primary N) is 1. The van der Waals surface area contributed by atoms with Crippen LogP contribution in [-0.2, 0) is 0 Å². The summed E-state index contributed by atoms with van der Waals surface area (Å²) in [4.78, 5) is 12.3. The molecule has 78 valence electrons. The van der Waals surface area contributed by atoms with Crippen molar-refractivity contribution in [2.24, 2.45) is 5.73 Å². The fourth-order valence-electron chi connectivity index (χ4n) is 0.963. The van der Waals surface area contributed by atoms with Crippen molar-refractivity contribution in [3.63, 3.8) is 0 Å². The number of halogens is 1. The van der Waals surface area contributed by atoms with Crippen LogP contribution in [0.4, 0.5) is 0 Å². The lowest BCUT2D eigenvalue weighted by Gasteiger charge is -2.00. The first kappa shape index (κ1) is 11.7. The van der Waals surface area contributed by atoms with E-state index in [2.05, 4.69) is 21.2 Å². The monoisotopic (exact) mass is 276 g/mol. The van der Waals surface area contributed by atoms with Crippen molar-refractivity contribution in [1.29, 1.82) is 0 Å². The van der Waals surface area contributed by atoms with Crippen molar-refractivity contribution in [2.75, 3.05) is 13.1 Å². The van der Waals surface area contributed by atoms with Gasteiger partial charge in [0.05, 0.1) is 8.66 Å². The Hall–Kier alpha value is -0.390. The maximum Gasteiger partial charge on any atom is 0.261 e. The molecule has 5 heteroatoms. The van der Waals surface area contributed by atoms with Crippen LogP contribution in [0.1, 0.15) is 21.7 Å². The first-order chi connectivity index (χ1) is 6.65. The van der Waals surface area contributed by atoms with E-state index in [0.29, 0.717) is 13.1 Å². The van der Waals surface area contributed by atoms with Crippen molar-refractivity contribution in [1.82, 2.24) is 5.32 Å². The lowest BCUT2D eigenvalue weighted by atomic mass is 10.3. The standard InChI is InChI=1S/C9H13BrN2OS/c1-6-5-7(14-8(6)10)9(13)12-4-2-3-11/h5H,2-4,11H2,1H3,(H,12,13). The molecule has 3 N–H and O–H groups in total. The number of rotatable bonds is 4. The number of aryl methyl sites for hydroxylation is 1. The molecule has 14 heavy (non-hydrogen) atoms. The van der Waals surface area contributed by atoms with Crippen molar-refractivity contribution < 1.29 is 4.79 Å². The van der Waals surface area contributed by atoms with Crippen LogP contribution in [0.5, 0.6) is 0 Å². The van der Waals surface area contributed by atoms with Gasteiger partial charge in [0.15, 0.2) is 0 Å². The third-order valence-corrected chi connectivity index (χ3v) is 3.88. The summed E-state index contributed by atoms with van der Waals surface area (Å²) in [5.41, 5.74) is 6.42. The molecule has 0 atom stereocenters. The summed E-state index contributed by atoms with van der Waals surface area (Å²) in [5, 5.41) is 2.81. The zero-order valence-corrected chi connectivity index (χ0v) is 10.4. The van der Waals surface area contributed by atoms with Crippen LogP contribution < -0.4 is 11.1 Å². The van der Waals surface area contributed by atoms with Gasteiger partial charge in [-0.05, 0) is 47.4 Å². The van der Waals surface area contributed by atoms with E-state index in [-0.39, 0.29) is 5.91 Å². The van der Waals surface area contributed by atoms with E-state index in [0.717, 1.165) is 20.6 Å². The summed E-state index contributed by atoms with van der Waals surface area (Å²) in [6.45, 7) is 3.22. The molecule has 0 radical (unpaired) electrons. The molecule has 1 amide bonds. The van der Waals surface area contributed by atoms with Crippen LogP contribution in [0.2, 0.25) is 0 Å². The molecule has 0 bridgehead atoms. The molecule has 1 heterocycles. The minimum atomic E-state index is -0.0164. The van der Waals surface area contributed by atoms with Gasteiger partial charge in [-0.1, -0.05) is 0 Å². The van der Waals surface area contributed by atoms with E-state index in [1.807, 2.05) is 13.0 Å². The fourth-order valence-corrected chi connectivity index (χ4v) is 2.41. The molecule has 0 aliphatic rings. The van der Waals surface area contributed by atoms with Gasteiger partial charge < -0.3 is 11.1 Å². The Morgan fingerprint density at radius 3 is 2.93 bits per heavy atom. The van der Waals surface area contributed by atoms with E-state index < -0.39 is 0 Å². The van der Waals surface area contributed by atoms with Crippen LogP contribution in [0.15, 0.2) is 9.85 Å². The average Bonchev–Trinajstić information content (AvgIpc) is 2.47. The van der Waals surface area contributed by atoms with Crippen LogP contribution in [0.25, 0.3) is 0 Å². The summed E-state index contributed by atoms with van der Waals surface area (Å²) in [6, 6.07) is 1.88. The molecule has 0 saturated carbocycles. The van der Waals surface area contributed by atoms with Gasteiger partial charge in [-0.2, -0.15) is 0 Å². The van der Waals surface area contributed by atoms with E-state index in [9.17, 15) is 4.79 Å². The van der Waals surface area contributed by atoms with Crippen molar-refractivity contribution >= 4 is 33.2 Å². The molecule has 1 aromatic heterocycles. The SMILES string of the molecule is Cc1cc(C(=O)NCCCN)sc1Br. The number of carbonyl (C=O) groups is 1. The third kappa shape index (κ3) is 3.08. The first-order valence-electron chi connectivity index (χ1n) is 4.39. The highest BCUT2D eigenvalue weighted by Gasteiger charge is 2.09. The molecule has 0 unspecified atom stereocenters. The molecule has 1 aromatic rings. The second-order valence-electron chi connectivity index (χ2n) is 2.97. The minimum Gasteiger partial charge on any atom is -0.351 e. The van der Waals surface area contributed by atoms with Gasteiger partial charge in [0, 0.05) is 6.54 Å². The number of hydrogen-bond donors (Lipinski definition) is 2. The highest BCUT2D eigenvalue weighted by atomic mass is 79.9. The summed E-state index contributed by atoms with van der Waals surface area (Å²) in [7, 11) is 0. The van der Waals surface area contributed by atoms with Gasteiger partial charge >= 0.3 is 0 Å². The highest BCUT2D eigenvalue weighted by Crippen LogP contribution is 2.26.